The minimum absolute atomic E-state index is 0.149. The molecule has 32 heavy (non-hydrogen) atoms. The van der Waals surface area contributed by atoms with Gasteiger partial charge in [-0.2, -0.15) is 13.2 Å². The maximum Gasteiger partial charge on any atom is 0.417 e. The molecule has 0 unspecified atom stereocenters. The molecule has 2 aromatic carbocycles. The Morgan fingerprint density at radius 2 is 1.94 bits per heavy atom. The van der Waals surface area contributed by atoms with Gasteiger partial charge in [0.15, 0.2) is 5.58 Å². The molecular weight excluding hydrogens is 451 g/mol. The van der Waals surface area contributed by atoms with Crippen molar-refractivity contribution < 1.29 is 27.5 Å². The van der Waals surface area contributed by atoms with E-state index in [4.69, 9.17) is 16.0 Å². The van der Waals surface area contributed by atoms with E-state index in [2.05, 4.69) is 10.3 Å². The number of amides is 1. The summed E-state index contributed by atoms with van der Waals surface area (Å²) in [5.41, 5.74) is -0.398. The summed E-state index contributed by atoms with van der Waals surface area (Å²) in [5, 5.41) is 13.1. The molecule has 1 fully saturated rings. The number of oxazole rings is 1. The minimum Gasteiger partial charge on any atom is -0.408 e. The number of fused-ring (bicyclic) bond motifs is 1. The van der Waals surface area contributed by atoms with Gasteiger partial charge in [-0.1, -0.05) is 11.6 Å². The molecule has 1 aliphatic heterocycles. The molecule has 170 valence electrons. The highest BCUT2D eigenvalue weighted by Crippen LogP contribution is 2.37. The number of hydrogen-bond donors (Lipinski definition) is 3. The number of rotatable bonds is 4. The first-order valence-corrected chi connectivity index (χ1v) is 10.2. The predicted octanol–water partition coefficient (Wildman–Crippen LogP) is 4.15. The second-order valence-corrected chi connectivity index (χ2v) is 8.23. The summed E-state index contributed by atoms with van der Waals surface area (Å²) in [5.74, 6) is -1.00. The molecule has 3 N–H and O–H groups in total. The number of carbonyl (C=O) groups is 1. The van der Waals surface area contributed by atoms with Crippen LogP contribution in [-0.4, -0.2) is 34.7 Å². The van der Waals surface area contributed by atoms with Crippen molar-refractivity contribution in [2.45, 2.75) is 31.0 Å². The monoisotopic (exact) mass is 469 g/mol. The number of H-pyrrole nitrogens is 1. The highest BCUT2D eigenvalue weighted by atomic mass is 35.5. The largest absolute Gasteiger partial charge is 0.417 e. The van der Waals surface area contributed by atoms with Crippen LogP contribution in [0.3, 0.4) is 0 Å². The summed E-state index contributed by atoms with van der Waals surface area (Å²) < 4.78 is 43.6. The van der Waals surface area contributed by atoms with Gasteiger partial charge in [-0.15, -0.1) is 0 Å². The third kappa shape index (κ3) is 4.76. The van der Waals surface area contributed by atoms with E-state index in [9.17, 15) is 27.9 Å². The topological polar surface area (TPSA) is 98.6 Å². The molecule has 4 rings (SSSR count). The number of carbonyl (C=O) groups excluding carboxylic acids is 1. The van der Waals surface area contributed by atoms with E-state index in [1.165, 1.54) is 18.2 Å². The second kappa shape index (κ2) is 8.18. The van der Waals surface area contributed by atoms with E-state index in [1.807, 2.05) is 4.90 Å². The van der Waals surface area contributed by atoms with Crippen LogP contribution in [0, 0.1) is 0 Å². The fourth-order valence-corrected chi connectivity index (χ4v) is 4.10. The van der Waals surface area contributed by atoms with Crippen LogP contribution in [0.1, 0.15) is 24.8 Å². The maximum atomic E-state index is 12.9. The standard InChI is InChI=1S/C21H19ClF3N3O4/c22-15-10-13(2-3-14(15)21(23,24)25)28-7-5-20(31,6-8-28)11-18(29)26-12-1-4-16-17(9-12)32-19(30)27-16/h1-4,9-10,31H,5-8,11H2,(H,26,29)(H,27,30). The Morgan fingerprint density at radius 1 is 1.22 bits per heavy atom. The first kappa shape index (κ1) is 22.2. The van der Waals surface area contributed by atoms with Crippen molar-refractivity contribution in [1.82, 2.24) is 4.98 Å². The predicted molar refractivity (Wildman–Crippen MR) is 113 cm³/mol. The van der Waals surface area contributed by atoms with Crippen molar-refractivity contribution in [1.29, 1.82) is 0 Å². The Bertz CT molecular complexity index is 1210. The number of hydrogen-bond acceptors (Lipinski definition) is 5. The molecule has 0 radical (unpaired) electrons. The Balaban J connectivity index is 1.36. The summed E-state index contributed by atoms with van der Waals surface area (Å²) in [6, 6.07) is 8.25. The molecule has 1 saturated heterocycles. The second-order valence-electron chi connectivity index (χ2n) is 7.82. The van der Waals surface area contributed by atoms with E-state index in [1.54, 1.807) is 12.1 Å². The lowest BCUT2D eigenvalue weighted by molar-refractivity contribution is -0.137. The number of alkyl halides is 3. The van der Waals surface area contributed by atoms with Gasteiger partial charge >= 0.3 is 11.9 Å². The molecule has 1 aromatic heterocycles. The summed E-state index contributed by atoms with van der Waals surface area (Å²) in [7, 11) is 0. The van der Waals surface area contributed by atoms with Gasteiger partial charge in [0.2, 0.25) is 5.91 Å². The van der Waals surface area contributed by atoms with Gasteiger partial charge in [0, 0.05) is 30.5 Å². The van der Waals surface area contributed by atoms with Gasteiger partial charge < -0.3 is 19.7 Å². The average Bonchev–Trinajstić information content (AvgIpc) is 3.06. The number of aromatic nitrogens is 1. The molecule has 3 aromatic rings. The van der Waals surface area contributed by atoms with Gasteiger partial charge in [0.25, 0.3) is 0 Å². The SMILES string of the molecule is O=C(CC1(O)CCN(c2ccc(C(F)(F)F)c(Cl)c2)CC1)Nc1ccc2[nH]c(=O)oc2c1. The van der Waals surface area contributed by atoms with E-state index in [0.717, 1.165) is 6.07 Å². The van der Waals surface area contributed by atoms with Crippen molar-refractivity contribution in [2.75, 3.05) is 23.3 Å². The third-order valence-electron chi connectivity index (χ3n) is 5.51. The molecule has 0 bridgehead atoms. The number of halogens is 4. The average molecular weight is 470 g/mol. The zero-order valence-electron chi connectivity index (χ0n) is 16.6. The molecule has 0 spiro atoms. The van der Waals surface area contributed by atoms with Crippen LogP contribution >= 0.6 is 11.6 Å². The first-order valence-electron chi connectivity index (χ1n) is 9.79. The Kier molecular flexibility index (Phi) is 5.68. The lowest BCUT2D eigenvalue weighted by Crippen LogP contribution is -2.46. The van der Waals surface area contributed by atoms with E-state index in [-0.39, 0.29) is 24.3 Å². The quantitative estimate of drug-likeness (QED) is 0.533. The van der Waals surface area contributed by atoms with E-state index in [0.29, 0.717) is 35.6 Å². The molecule has 0 aliphatic carbocycles. The lowest BCUT2D eigenvalue weighted by Gasteiger charge is -2.39. The van der Waals surface area contributed by atoms with E-state index < -0.39 is 29.0 Å². The summed E-state index contributed by atoms with van der Waals surface area (Å²) in [6.07, 6.45) is -4.17. The van der Waals surface area contributed by atoms with Crippen LogP contribution in [0.25, 0.3) is 11.1 Å². The molecule has 0 saturated carbocycles. The van der Waals surface area contributed by atoms with Crippen molar-refractivity contribution in [3.05, 3.63) is 57.5 Å². The lowest BCUT2D eigenvalue weighted by atomic mass is 9.87. The highest BCUT2D eigenvalue weighted by molar-refractivity contribution is 6.31. The van der Waals surface area contributed by atoms with Crippen molar-refractivity contribution in [2.24, 2.45) is 0 Å². The molecule has 2 heterocycles. The van der Waals surface area contributed by atoms with Gasteiger partial charge in [0.05, 0.1) is 28.1 Å². The van der Waals surface area contributed by atoms with Crippen molar-refractivity contribution in [3.63, 3.8) is 0 Å². The van der Waals surface area contributed by atoms with Crippen LogP contribution < -0.4 is 16.0 Å². The smallest absolute Gasteiger partial charge is 0.408 e. The minimum atomic E-state index is -4.53. The third-order valence-corrected chi connectivity index (χ3v) is 5.82. The number of benzene rings is 2. The van der Waals surface area contributed by atoms with Crippen LogP contribution in [-0.2, 0) is 11.0 Å². The summed E-state index contributed by atoms with van der Waals surface area (Å²) in [4.78, 5) is 28.0. The Morgan fingerprint density at radius 3 is 2.59 bits per heavy atom. The molecule has 7 nitrogen and oxygen atoms in total. The summed E-state index contributed by atoms with van der Waals surface area (Å²) in [6.45, 7) is 0.706. The highest BCUT2D eigenvalue weighted by Gasteiger charge is 2.36. The molecule has 1 aliphatic rings. The number of piperidine rings is 1. The Hall–Kier alpha value is -2.98. The molecule has 0 atom stereocenters. The fourth-order valence-electron chi connectivity index (χ4n) is 3.82. The van der Waals surface area contributed by atoms with E-state index >= 15 is 0 Å². The van der Waals surface area contributed by atoms with Gasteiger partial charge in [0.1, 0.15) is 0 Å². The number of nitrogens with zero attached hydrogens (tertiary/aromatic N) is 1. The zero-order valence-corrected chi connectivity index (χ0v) is 17.4. The van der Waals surface area contributed by atoms with Crippen molar-refractivity contribution >= 4 is 40.0 Å². The molecular formula is C21H19ClF3N3O4. The number of aromatic amines is 1. The fraction of sp³-hybridized carbons (Fsp3) is 0.333. The van der Waals surface area contributed by atoms with Crippen molar-refractivity contribution in [3.8, 4) is 0 Å². The van der Waals surface area contributed by atoms with Gasteiger partial charge in [-0.3, -0.25) is 9.78 Å². The normalized spacial score (nSPS) is 16.3. The summed E-state index contributed by atoms with van der Waals surface area (Å²) >= 11 is 5.80. The number of nitrogens with one attached hydrogen (secondary N) is 2. The van der Waals surface area contributed by atoms with Gasteiger partial charge in [-0.05, 0) is 43.2 Å². The number of aliphatic hydroxyl groups is 1. The molecule has 11 heteroatoms. The van der Waals surface area contributed by atoms with Gasteiger partial charge in [-0.25, -0.2) is 4.79 Å². The molecule has 1 amide bonds. The van der Waals surface area contributed by atoms with Crippen LogP contribution in [0.4, 0.5) is 24.5 Å². The Labute approximate surface area is 184 Å². The first-order chi connectivity index (χ1) is 15.0. The number of anilines is 2. The van der Waals surface area contributed by atoms with Crippen LogP contribution in [0.15, 0.2) is 45.6 Å². The van der Waals surface area contributed by atoms with Crippen LogP contribution in [0.2, 0.25) is 5.02 Å². The van der Waals surface area contributed by atoms with Crippen LogP contribution in [0.5, 0.6) is 0 Å². The maximum absolute atomic E-state index is 12.9. The zero-order chi connectivity index (χ0) is 23.1.